The van der Waals surface area contributed by atoms with Gasteiger partial charge in [0.1, 0.15) is 65.2 Å². The number of ether oxygens (including phenoxy) is 1. The minimum Gasteiger partial charge on any atom is -0.508 e. The summed E-state index contributed by atoms with van der Waals surface area (Å²) in [6.07, 6.45) is 1.53. The zero-order valence-corrected chi connectivity index (χ0v) is 33.4. The van der Waals surface area contributed by atoms with Gasteiger partial charge in [0.2, 0.25) is 5.91 Å². The zero-order valence-electron chi connectivity index (χ0n) is 33.4. The van der Waals surface area contributed by atoms with Gasteiger partial charge in [-0.25, -0.2) is 9.78 Å². The number of amides is 1. The van der Waals surface area contributed by atoms with Crippen molar-refractivity contribution in [3.63, 3.8) is 0 Å². The third-order valence-corrected chi connectivity index (χ3v) is 13.0. The van der Waals surface area contributed by atoms with Crippen molar-refractivity contribution in [2.45, 2.75) is 87.5 Å². The Hall–Kier alpha value is -5.46. The third-order valence-electron chi connectivity index (χ3n) is 13.0. The summed E-state index contributed by atoms with van der Waals surface area (Å²) < 4.78 is 15.4. The molecule has 9 N–H and O–H groups in total. The highest BCUT2D eigenvalue weighted by Gasteiger charge is 2.53. The van der Waals surface area contributed by atoms with Crippen molar-refractivity contribution >= 4 is 38.6 Å². The summed E-state index contributed by atoms with van der Waals surface area (Å²) in [6.45, 7) is 0.561. The molecular weight excluding hydrogens is 791 g/mol. The van der Waals surface area contributed by atoms with Gasteiger partial charge in [0.15, 0.2) is 16.8 Å². The molecule has 16 nitrogen and oxygen atoms in total. The fourth-order valence-corrected chi connectivity index (χ4v) is 9.80. The summed E-state index contributed by atoms with van der Waals surface area (Å²) in [5.74, 6) is 0.804. The highest BCUT2D eigenvalue weighted by Crippen LogP contribution is 2.51. The number of aliphatic hydroxyl groups excluding tert-OH is 4. The van der Waals surface area contributed by atoms with Gasteiger partial charge < -0.3 is 59.8 Å². The largest absolute Gasteiger partial charge is 0.508 e. The molecule has 2 aliphatic heterocycles. The third kappa shape index (κ3) is 7.41. The Morgan fingerprint density at radius 2 is 1.84 bits per heavy atom. The summed E-state index contributed by atoms with van der Waals surface area (Å²) in [4.78, 5) is 41.5. The van der Waals surface area contributed by atoms with E-state index in [-0.39, 0.29) is 41.1 Å². The van der Waals surface area contributed by atoms with Crippen LogP contribution in [0, 0.1) is 18.8 Å². The van der Waals surface area contributed by atoms with Crippen molar-refractivity contribution in [3.05, 3.63) is 94.2 Å². The monoisotopic (exact) mass is 839 g/mol. The van der Waals surface area contributed by atoms with E-state index in [1.807, 2.05) is 29.2 Å². The molecule has 1 amide bonds. The fourth-order valence-electron chi connectivity index (χ4n) is 9.80. The van der Waals surface area contributed by atoms with Crippen LogP contribution in [0.25, 0.3) is 38.3 Å². The molecule has 3 aliphatic rings. The van der Waals surface area contributed by atoms with E-state index in [0.29, 0.717) is 75.9 Å². The average Bonchev–Trinajstić information content (AvgIpc) is 3.98. The Morgan fingerprint density at radius 3 is 2.61 bits per heavy atom. The van der Waals surface area contributed by atoms with Crippen molar-refractivity contribution < 1.29 is 59.5 Å². The summed E-state index contributed by atoms with van der Waals surface area (Å²) in [5, 5.41) is 80.4. The van der Waals surface area contributed by atoms with Crippen molar-refractivity contribution in [3.8, 4) is 22.9 Å². The van der Waals surface area contributed by atoms with Gasteiger partial charge in [-0.1, -0.05) is 6.07 Å². The molecule has 16 heteroatoms. The molecule has 1 saturated heterocycles. The number of carbonyl (C=O) groups excluding carboxylic acids is 1. The number of benzene rings is 3. The molecule has 1 aliphatic carbocycles. The Kier molecular flexibility index (Phi) is 10.6. The number of carbonyl (C=O) groups is 1. The van der Waals surface area contributed by atoms with Crippen molar-refractivity contribution in [2.24, 2.45) is 11.8 Å². The molecule has 8 atom stereocenters. The standard InChI is InChI=1S/C45H49N3O13/c1-23-11-35(52)32-12-27-13-37(61-58-22-44(57,43(56)40(55)36(53)21-49)16-25-4-7-34(51)30-6-5-29(50)15-31(25)30)45(9-2-3-24(17-45)28-14-38(54)47-18-28)60-41(27)39(42(32)59-23)48-19-26-8-10-46-33(26)20-48/h4-8,10-12,15,19-20,24,28,36-37,40,43,46,49-51,53,55-57H,2-3,9,13-14,16-18,21-22H2,1H3,(H,47,54)/t24-,28+,36-,37-,40-,43+,44+,45-/m1/s1. The maximum absolute atomic E-state index is 13.6. The first-order valence-electron chi connectivity index (χ1n) is 20.6. The molecule has 0 radical (unpaired) electrons. The normalized spacial score (nSPS) is 24.1. The number of aromatic nitrogens is 2. The van der Waals surface area contributed by atoms with Crippen molar-refractivity contribution in [1.29, 1.82) is 0 Å². The number of fused-ring (bicyclic) bond motifs is 4. The van der Waals surface area contributed by atoms with Crippen LogP contribution in [0.3, 0.4) is 0 Å². The number of H-pyrrole nitrogens is 1. The molecule has 1 saturated carbocycles. The highest BCUT2D eigenvalue weighted by molar-refractivity contribution is 5.92. The van der Waals surface area contributed by atoms with E-state index in [2.05, 4.69) is 10.3 Å². The first-order chi connectivity index (χ1) is 29.3. The van der Waals surface area contributed by atoms with E-state index in [4.69, 9.17) is 18.9 Å². The molecule has 0 unspecified atom stereocenters. The molecule has 1 spiro atoms. The highest BCUT2D eigenvalue weighted by atomic mass is 17.2. The van der Waals surface area contributed by atoms with Crippen LogP contribution in [0.1, 0.15) is 49.0 Å². The number of aromatic hydroxyl groups is 2. The lowest BCUT2D eigenvalue weighted by Gasteiger charge is -2.49. The Bertz CT molecular complexity index is 2660. The minimum atomic E-state index is -2.39. The number of hydrogen-bond acceptors (Lipinski definition) is 13. The van der Waals surface area contributed by atoms with Gasteiger partial charge in [0.05, 0.1) is 17.5 Å². The number of nitrogens with one attached hydrogen (secondary N) is 2. The van der Waals surface area contributed by atoms with Crippen LogP contribution in [-0.2, 0) is 27.4 Å². The lowest BCUT2D eigenvalue weighted by Crippen LogP contribution is -2.58. The van der Waals surface area contributed by atoms with Crippen molar-refractivity contribution in [2.75, 3.05) is 19.8 Å². The Labute approximate surface area is 348 Å². The van der Waals surface area contributed by atoms with E-state index >= 15 is 0 Å². The molecule has 3 aromatic heterocycles. The minimum absolute atomic E-state index is 0.0129. The van der Waals surface area contributed by atoms with Crippen LogP contribution in [-0.4, -0.2) is 107 Å². The molecule has 2 fully saturated rings. The van der Waals surface area contributed by atoms with E-state index in [1.165, 1.54) is 36.4 Å². The van der Waals surface area contributed by atoms with Gasteiger partial charge in [-0.05, 0) is 91.8 Å². The molecule has 6 aromatic rings. The Morgan fingerprint density at radius 1 is 1.00 bits per heavy atom. The second kappa shape index (κ2) is 15.8. The maximum atomic E-state index is 13.6. The molecule has 0 bridgehead atoms. The maximum Gasteiger partial charge on any atom is 0.220 e. The van der Waals surface area contributed by atoms with Crippen LogP contribution in [0.2, 0.25) is 0 Å². The summed E-state index contributed by atoms with van der Waals surface area (Å²) in [6, 6.07) is 12.2. The second-order valence-electron chi connectivity index (χ2n) is 17.1. The predicted molar refractivity (Wildman–Crippen MR) is 220 cm³/mol. The molecule has 3 aromatic carbocycles. The van der Waals surface area contributed by atoms with Crippen LogP contribution in [0.5, 0.6) is 17.2 Å². The quantitative estimate of drug-likeness (QED) is 0.0635. The smallest absolute Gasteiger partial charge is 0.220 e. The average molecular weight is 840 g/mol. The van der Waals surface area contributed by atoms with Crippen LogP contribution in [0.15, 0.2) is 76.3 Å². The topological polar surface area (TPSA) is 249 Å². The predicted octanol–water partition coefficient (Wildman–Crippen LogP) is 3.30. The Balaban J connectivity index is 1.11. The number of nitrogens with zero attached hydrogens (tertiary/aromatic N) is 1. The van der Waals surface area contributed by atoms with Gasteiger partial charge in [-0.15, -0.1) is 0 Å². The number of aromatic amines is 1. The first kappa shape index (κ1) is 40.9. The van der Waals surface area contributed by atoms with Gasteiger partial charge >= 0.3 is 0 Å². The van der Waals surface area contributed by atoms with E-state index < -0.39 is 55.3 Å². The van der Waals surface area contributed by atoms with E-state index in [1.54, 1.807) is 13.0 Å². The zero-order chi connectivity index (χ0) is 42.8. The molecule has 5 heterocycles. The lowest BCUT2D eigenvalue weighted by atomic mass is 9.68. The van der Waals surface area contributed by atoms with E-state index in [0.717, 1.165) is 23.7 Å². The number of phenolic OH excluding ortho intramolecular Hbond substituents is 2. The van der Waals surface area contributed by atoms with Crippen molar-refractivity contribution in [1.82, 2.24) is 14.9 Å². The van der Waals surface area contributed by atoms with Crippen LogP contribution in [0.4, 0.5) is 0 Å². The van der Waals surface area contributed by atoms with E-state index in [9.17, 15) is 45.3 Å². The lowest BCUT2D eigenvalue weighted by molar-refractivity contribution is -0.374. The number of hydrogen-bond donors (Lipinski definition) is 9. The van der Waals surface area contributed by atoms with Crippen LogP contribution >= 0.6 is 0 Å². The molecule has 322 valence electrons. The number of aliphatic hydroxyl groups is 5. The summed E-state index contributed by atoms with van der Waals surface area (Å²) >= 11 is 0. The summed E-state index contributed by atoms with van der Waals surface area (Å²) in [5.41, 5.74) is -0.980. The molecule has 61 heavy (non-hydrogen) atoms. The number of phenols is 2. The SMILES string of the molecule is Cc1cc(=O)c2cc3c(c(-n4cc5cc[nH]c5c4)c2o1)O[C@@]1(CCC[C@@H]([C@@H]2CNC(=O)C2)C1)[C@H](OOC[C@@](O)(Cc1ccc(O)c2ccc(O)cc12)[C@@H](O)[C@H](O)[C@H](O)CO)C3. The number of aryl methyl sites for hydroxylation is 1. The molecular formula is C45H49N3O13. The van der Waals surface area contributed by atoms with Crippen LogP contribution < -0.4 is 15.5 Å². The first-order valence-corrected chi connectivity index (χ1v) is 20.6. The number of rotatable bonds is 12. The van der Waals surface area contributed by atoms with Gasteiger partial charge in [0, 0.05) is 66.8 Å². The fraction of sp³-hybridized carbons (Fsp3) is 0.422. The van der Waals surface area contributed by atoms with Gasteiger partial charge in [0.25, 0.3) is 0 Å². The molecule has 9 rings (SSSR count). The van der Waals surface area contributed by atoms with Gasteiger partial charge in [-0.2, -0.15) is 0 Å². The summed E-state index contributed by atoms with van der Waals surface area (Å²) in [7, 11) is 0. The van der Waals surface area contributed by atoms with Gasteiger partial charge in [-0.3, -0.25) is 9.59 Å². The second-order valence-corrected chi connectivity index (χ2v) is 17.1.